The third-order valence-corrected chi connectivity index (χ3v) is 6.09. The van der Waals surface area contributed by atoms with Crippen molar-refractivity contribution >= 4 is 22.6 Å². The van der Waals surface area contributed by atoms with Crippen LogP contribution in [-0.2, 0) is 12.0 Å². The Kier molecular flexibility index (Phi) is 6.75. The molecule has 0 saturated heterocycles. The van der Waals surface area contributed by atoms with Crippen LogP contribution >= 0.6 is 0 Å². The van der Waals surface area contributed by atoms with Crippen LogP contribution < -0.4 is 15.4 Å². The smallest absolute Gasteiger partial charge is 0.291 e. The maximum absolute atomic E-state index is 13.0. The molecule has 4 rings (SSSR count). The first-order valence-electron chi connectivity index (χ1n) is 11.6. The molecule has 0 unspecified atom stereocenters. The molecule has 34 heavy (non-hydrogen) atoms. The molecule has 0 aliphatic carbocycles. The number of furan rings is 1. The number of rotatable bonds is 7. The minimum Gasteiger partial charge on any atom is -0.493 e. The second-order valence-electron chi connectivity index (χ2n) is 9.58. The third-order valence-electron chi connectivity index (χ3n) is 6.09. The number of hydrogen-bond acceptors (Lipinski definition) is 4. The van der Waals surface area contributed by atoms with Crippen LogP contribution in [0, 0.1) is 0 Å². The molecule has 3 aromatic carbocycles. The number of nitrogens with one attached hydrogen (secondary N) is 2. The first kappa shape index (κ1) is 23.6. The average molecular weight is 457 g/mol. The molecule has 0 fully saturated rings. The summed E-state index contributed by atoms with van der Waals surface area (Å²) in [7, 11) is 1.60. The summed E-state index contributed by atoms with van der Waals surface area (Å²) in [6, 6.07) is 24.1. The van der Waals surface area contributed by atoms with Crippen LogP contribution in [0.25, 0.3) is 11.0 Å². The van der Waals surface area contributed by atoms with Crippen molar-refractivity contribution in [2.24, 2.45) is 0 Å². The largest absolute Gasteiger partial charge is 0.493 e. The molecule has 1 amide bonds. The van der Waals surface area contributed by atoms with Gasteiger partial charge in [0.15, 0.2) is 17.1 Å². The molecule has 0 spiro atoms. The lowest BCUT2D eigenvalue weighted by Gasteiger charge is -2.19. The van der Waals surface area contributed by atoms with Crippen molar-refractivity contribution in [3.8, 4) is 5.75 Å². The second kappa shape index (κ2) is 9.74. The number of fused-ring (bicyclic) bond motifs is 1. The van der Waals surface area contributed by atoms with E-state index in [1.54, 1.807) is 13.2 Å². The van der Waals surface area contributed by atoms with E-state index in [4.69, 9.17) is 9.15 Å². The lowest BCUT2D eigenvalue weighted by Crippen LogP contribution is -2.18. The van der Waals surface area contributed by atoms with Gasteiger partial charge in [0.25, 0.3) is 5.91 Å². The molecule has 0 bridgehead atoms. The second-order valence-corrected chi connectivity index (χ2v) is 9.58. The molecule has 0 saturated carbocycles. The summed E-state index contributed by atoms with van der Waals surface area (Å²) in [5.41, 5.74) is 4.82. The fraction of sp³-hybridized carbons (Fsp3) is 0.276. The van der Waals surface area contributed by atoms with Gasteiger partial charge in [0.05, 0.1) is 7.11 Å². The quantitative estimate of drug-likeness (QED) is 0.319. The van der Waals surface area contributed by atoms with Gasteiger partial charge in [-0.25, -0.2) is 0 Å². The molecule has 1 aromatic heterocycles. The minimum atomic E-state index is -0.293. The van der Waals surface area contributed by atoms with Crippen molar-refractivity contribution in [2.45, 2.75) is 45.7 Å². The monoisotopic (exact) mass is 456 g/mol. The SMILES string of the molecule is COc1ccc(CN[C@@H](C)c2ccccc2)c2cc(C(=O)Nc3ccc(C(C)(C)C)cc3)oc12. The van der Waals surface area contributed by atoms with E-state index in [2.05, 4.69) is 50.5 Å². The molecule has 0 radical (unpaired) electrons. The Labute approximate surface area is 201 Å². The van der Waals surface area contributed by atoms with Gasteiger partial charge in [-0.3, -0.25) is 4.79 Å². The van der Waals surface area contributed by atoms with E-state index >= 15 is 0 Å². The fourth-order valence-electron chi connectivity index (χ4n) is 3.95. The van der Waals surface area contributed by atoms with E-state index in [1.165, 1.54) is 11.1 Å². The maximum atomic E-state index is 13.0. The van der Waals surface area contributed by atoms with E-state index in [-0.39, 0.29) is 23.1 Å². The first-order chi connectivity index (χ1) is 16.3. The first-order valence-corrected chi connectivity index (χ1v) is 11.6. The predicted molar refractivity (Wildman–Crippen MR) is 138 cm³/mol. The number of carbonyl (C=O) groups excluding carboxylic acids is 1. The normalized spacial score (nSPS) is 12.5. The van der Waals surface area contributed by atoms with E-state index in [0.717, 1.165) is 16.6 Å². The summed E-state index contributed by atoms with van der Waals surface area (Å²) in [5.74, 6) is 0.554. The fourth-order valence-corrected chi connectivity index (χ4v) is 3.95. The van der Waals surface area contributed by atoms with Crippen molar-refractivity contribution in [3.63, 3.8) is 0 Å². The van der Waals surface area contributed by atoms with Crippen LogP contribution in [0.4, 0.5) is 5.69 Å². The zero-order valence-electron chi connectivity index (χ0n) is 20.4. The number of carbonyl (C=O) groups is 1. The summed E-state index contributed by atoms with van der Waals surface area (Å²) in [5, 5.41) is 7.36. The van der Waals surface area contributed by atoms with Gasteiger partial charge in [-0.05, 0) is 53.3 Å². The molecular formula is C29H32N2O3. The third kappa shape index (κ3) is 5.15. The number of anilines is 1. The topological polar surface area (TPSA) is 63.5 Å². The van der Waals surface area contributed by atoms with Crippen LogP contribution in [0.5, 0.6) is 5.75 Å². The number of benzene rings is 3. The molecule has 5 heteroatoms. The van der Waals surface area contributed by atoms with Crippen LogP contribution in [0.3, 0.4) is 0 Å². The number of amides is 1. The molecule has 2 N–H and O–H groups in total. The highest BCUT2D eigenvalue weighted by atomic mass is 16.5. The Morgan fingerprint density at radius 1 is 1.00 bits per heavy atom. The van der Waals surface area contributed by atoms with E-state index in [0.29, 0.717) is 17.9 Å². The highest BCUT2D eigenvalue weighted by Crippen LogP contribution is 2.32. The van der Waals surface area contributed by atoms with Gasteiger partial charge in [-0.2, -0.15) is 0 Å². The molecule has 4 aromatic rings. The Balaban J connectivity index is 1.55. The average Bonchev–Trinajstić information content (AvgIpc) is 3.29. The van der Waals surface area contributed by atoms with Gasteiger partial charge in [0.2, 0.25) is 0 Å². The highest BCUT2D eigenvalue weighted by molar-refractivity contribution is 6.05. The van der Waals surface area contributed by atoms with Crippen molar-refractivity contribution < 1.29 is 13.9 Å². The highest BCUT2D eigenvalue weighted by Gasteiger charge is 2.19. The summed E-state index contributed by atoms with van der Waals surface area (Å²) in [4.78, 5) is 13.0. The summed E-state index contributed by atoms with van der Waals surface area (Å²) in [6.45, 7) is 9.25. The molecule has 5 nitrogen and oxygen atoms in total. The molecule has 176 valence electrons. The van der Waals surface area contributed by atoms with Crippen molar-refractivity contribution in [1.82, 2.24) is 5.32 Å². The van der Waals surface area contributed by atoms with Crippen LogP contribution in [0.2, 0.25) is 0 Å². The zero-order chi connectivity index (χ0) is 24.3. The summed E-state index contributed by atoms with van der Waals surface area (Å²) in [6.07, 6.45) is 0. The standard InChI is InChI=1S/C29H32N2O3/c1-19(20-9-7-6-8-10-20)30-18-21-11-16-25(33-5)27-24(21)17-26(34-27)28(32)31-23-14-12-22(13-15-23)29(2,3)4/h6-17,19,30H,18H2,1-5H3,(H,31,32)/t19-/m0/s1. The number of ether oxygens (including phenoxy) is 1. The van der Waals surface area contributed by atoms with Crippen LogP contribution in [0.15, 0.2) is 77.2 Å². The molecule has 0 aliphatic rings. The Hall–Kier alpha value is -3.57. The van der Waals surface area contributed by atoms with Gasteiger partial charge in [-0.15, -0.1) is 0 Å². The molecule has 0 aliphatic heterocycles. The Morgan fingerprint density at radius 2 is 1.71 bits per heavy atom. The summed E-state index contributed by atoms with van der Waals surface area (Å²) < 4.78 is 11.5. The van der Waals surface area contributed by atoms with E-state index < -0.39 is 0 Å². The van der Waals surface area contributed by atoms with Gasteiger partial charge in [-0.1, -0.05) is 69.3 Å². The van der Waals surface area contributed by atoms with Crippen molar-refractivity contribution in [2.75, 3.05) is 12.4 Å². The van der Waals surface area contributed by atoms with E-state index in [9.17, 15) is 4.79 Å². The van der Waals surface area contributed by atoms with E-state index in [1.807, 2.05) is 54.6 Å². The van der Waals surface area contributed by atoms with Gasteiger partial charge in [0.1, 0.15) is 0 Å². The number of methoxy groups -OCH3 is 1. The number of hydrogen-bond donors (Lipinski definition) is 2. The summed E-state index contributed by atoms with van der Waals surface area (Å²) >= 11 is 0. The predicted octanol–water partition coefficient (Wildman–Crippen LogP) is 6.84. The lowest BCUT2D eigenvalue weighted by molar-refractivity contribution is 0.0998. The molecule has 1 heterocycles. The van der Waals surface area contributed by atoms with Crippen molar-refractivity contribution in [1.29, 1.82) is 0 Å². The lowest BCUT2D eigenvalue weighted by atomic mass is 9.87. The maximum Gasteiger partial charge on any atom is 0.291 e. The molecule has 1 atom stereocenters. The van der Waals surface area contributed by atoms with Gasteiger partial charge < -0.3 is 19.8 Å². The Morgan fingerprint density at radius 3 is 2.35 bits per heavy atom. The molecular weight excluding hydrogens is 424 g/mol. The van der Waals surface area contributed by atoms with Crippen LogP contribution in [-0.4, -0.2) is 13.0 Å². The van der Waals surface area contributed by atoms with Gasteiger partial charge >= 0.3 is 0 Å². The Bertz CT molecular complexity index is 1270. The zero-order valence-corrected chi connectivity index (χ0v) is 20.4. The van der Waals surface area contributed by atoms with Crippen molar-refractivity contribution in [3.05, 3.63) is 95.2 Å². The van der Waals surface area contributed by atoms with Gasteiger partial charge in [0, 0.05) is 23.7 Å². The van der Waals surface area contributed by atoms with Crippen LogP contribution in [0.1, 0.15) is 61.0 Å². The minimum absolute atomic E-state index is 0.0558.